The molecular weight excluding hydrogens is 173 g/mol. The van der Waals surface area contributed by atoms with Gasteiger partial charge in [0.2, 0.25) is 0 Å². The Morgan fingerprint density at radius 2 is 0.750 bits per heavy atom. The molecule has 0 N–H and O–H groups in total. The van der Waals surface area contributed by atoms with Crippen molar-refractivity contribution in [1.29, 1.82) is 0 Å². The van der Waals surface area contributed by atoms with E-state index in [4.69, 9.17) is 0 Å². The van der Waals surface area contributed by atoms with Gasteiger partial charge in [0.1, 0.15) is 0 Å². The van der Waals surface area contributed by atoms with Gasteiger partial charge in [0.05, 0.1) is 0 Å². The van der Waals surface area contributed by atoms with E-state index in [1.165, 1.54) is 0 Å². The zero-order valence-electron chi connectivity index (χ0n) is 1.80. The van der Waals surface area contributed by atoms with Crippen LogP contribution in [0, 0.1) is 0 Å². The van der Waals surface area contributed by atoms with Crippen LogP contribution in [0.5, 0.6) is 0 Å². The molecule has 4 heavy (non-hydrogen) atoms. The minimum Gasteiger partial charge on any atom is -2.00 e. The number of hydrogen-bond acceptors (Lipinski definition) is 0. The summed E-state index contributed by atoms with van der Waals surface area (Å²) in [4.78, 5) is 0. The van der Waals surface area contributed by atoms with Crippen LogP contribution in [0.15, 0.2) is 0 Å². The topological polar surface area (TPSA) is 57.0 Å². The number of hydrogen-bond donors (Lipinski definition) is 0. The first kappa shape index (κ1) is 47.6. The van der Waals surface area contributed by atoms with Gasteiger partial charge in [-0.1, -0.05) is 0 Å². The molecule has 0 atom stereocenters. The van der Waals surface area contributed by atoms with E-state index in [2.05, 4.69) is 0 Å². The van der Waals surface area contributed by atoms with Gasteiger partial charge in [-0.25, -0.2) is 0 Å². The molecule has 2 nitrogen and oxygen atoms in total. The van der Waals surface area contributed by atoms with Crippen molar-refractivity contribution in [3.63, 3.8) is 0 Å². The second-order valence-corrected chi connectivity index (χ2v) is 0. The van der Waals surface area contributed by atoms with Crippen LogP contribution in [0.3, 0.4) is 0 Å². The average Bonchev–Trinajstić information content (AvgIpc) is 0. The van der Waals surface area contributed by atoms with Crippen LogP contribution in [0.1, 0.15) is 0 Å². The molecule has 0 saturated heterocycles. The van der Waals surface area contributed by atoms with Crippen molar-refractivity contribution in [2.45, 2.75) is 0 Å². The molecule has 0 rings (SSSR count). The fraction of sp³-hybridized carbons (Fsp3) is 0. The molecule has 0 aliphatic carbocycles. The molecule has 0 aromatic heterocycles. The fourth-order valence-electron chi connectivity index (χ4n) is 0. The molecule has 0 heterocycles. The van der Waals surface area contributed by atoms with Gasteiger partial charge in [-0.05, 0) is 0 Å². The van der Waals surface area contributed by atoms with Crippen LogP contribution in [0.2, 0.25) is 0 Å². The second-order valence-electron chi connectivity index (χ2n) is 0. The van der Waals surface area contributed by atoms with Crippen molar-refractivity contribution >= 4 is 0 Å². The quantitative estimate of drug-likeness (QED) is 0.485. The Hall–Kier alpha value is 1.56. The maximum Gasteiger partial charge on any atom is 3.00 e. The van der Waals surface area contributed by atoms with Crippen molar-refractivity contribution in [2.75, 3.05) is 0 Å². The normalized spacial score (nSPS) is 0. The van der Waals surface area contributed by atoms with Crippen LogP contribution >= 0.6 is 0 Å². The maximum atomic E-state index is 0. The van der Waals surface area contributed by atoms with Crippen LogP contribution in [0.4, 0.5) is 0 Å². The van der Waals surface area contributed by atoms with Crippen LogP contribution in [-0.4, -0.2) is 0 Å². The molecule has 4 heteroatoms. The van der Waals surface area contributed by atoms with Crippen molar-refractivity contribution in [3.8, 4) is 0 Å². The van der Waals surface area contributed by atoms with Crippen LogP contribution in [0.25, 0.3) is 0 Å². The molecule has 0 amide bonds. The Labute approximate surface area is 60.6 Å². The Morgan fingerprint density at radius 3 is 0.750 bits per heavy atom. The van der Waals surface area contributed by atoms with Gasteiger partial charge in [0.25, 0.3) is 0 Å². The van der Waals surface area contributed by atoms with Crippen molar-refractivity contribution in [2.24, 2.45) is 0 Å². The molecular formula is CrO2Y+2. The van der Waals surface area contributed by atoms with Crippen LogP contribution < -0.4 is 0 Å². The molecule has 0 unspecified atom stereocenters. The first-order valence-electron chi connectivity index (χ1n) is 0. The Morgan fingerprint density at radius 1 is 0.750 bits per heavy atom. The van der Waals surface area contributed by atoms with E-state index in [0.29, 0.717) is 0 Å². The molecule has 0 fully saturated rings. The molecule has 0 spiro atoms. The first-order valence-corrected chi connectivity index (χ1v) is 0. The van der Waals surface area contributed by atoms with E-state index in [0.717, 1.165) is 0 Å². The first-order chi connectivity index (χ1) is 0. The molecule has 0 aliphatic heterocycles. The van der Waals surface area contributed by atoms with E-state index < -0.39 is 0 Å². The molecule has 19 valence electrons. The summed E-state index contributed by atoms with van der Waals surface area (Å²) in [7, 11) is 0. The van der Waals surface area contributed by atoms with Gasteiger partial charge < -0.3 is 11.0 Å². The van der Waals surface area contributed by atoms with Gasteiger partial charge in [0, 0.05) is 0 Å². The summed E-state index contributed by atoms with van der Waals surface area (Å²) in [5.41, 5.74) is 0. The minimum atomic E-state index is 0. The third-order valence-electron chi connectivity index (χ3n) is 0. The summed E-state index contributed by atoms with van der Waals surface area (Å²) in [5.74, 6) is 0. The molecule has 1 radical (unpaired) electrons. The van der Waals surface area contributed by atoms with E-state index in [1.807, 2.05) is 0 Å². The van der Waals surface area contributed by atoms with E-state index in [-0.39, 0.29) is 61.0 Å². The largest absolute Gasteiger partial charge is 3.00 e. The van der Waals surface area contributed by atoms with Gasteiger partial charge in [-0.3, -0.25) is 0 Å². The third-order valence-corrected chi connectivity index (χ3v) is 0. The molecule has 0 saturated carbocycles. The summed E-state index contributed by atoms with van der Waals surface area (Å²) in [6, 6.07) is 0. The molecule has 0 aromatic rings. The Kier molecular flexibility index (Phi) is 283. The third kappa shape index (κ3) is 9.59. The predicted octanol–water partition coefficient (Wildman–Crippen LogP) is -0.243. The smallest absolute Gasteiger partial charge is 2.00 e. The predicted molar refractivity (Wildman–Crippen MR) is 1.37 cm³/mol. The summed E-state index contributed by atoms with van der Waals surface area (Å²) in [5, 5.41) is 0. The summed E-state index contributed by atoms with van der Waals surface area (Å²) < 4.78 is 0. The van der Waals surface area contributed by atoms with Crippen LogP contribution in [-0.2, 0) is 61.0 Å². The van der Waals surface area contributed by atoms with Crippen molar-refractivity contribution < 1.29 is 61.0 Å². The second kappa shape index (κ2) is 23.8. The number of rotatable bonds is 0. The van der Waals surface area contributed by atoms with E-state index in [1.54, 1.807) is 0 Å². The summed E-state index contributed by atoms with van der Waals surface area (Å²) >= 11 is 0. The molecule has 0 bridgehead atoms. The van der Waals surface area contributed by atoms with Gasteiger partial charge in [-0.15, -0.1) is 0 Å². The molecule has 0 aliphatic rings. The van der Waals surface area contributed by atoms with E-state index >= 15 is 0 Å². The SMILES string of the molecule is [Cr+3].[O-2].[O-2].[Y+3]. The summed E-state index contributed by atoms with van der Waals surface area (Å²) in [6.45, 7) is 0. The minimum absolute atomic E-state index is 0. The van der Waals surface area contributed by atoms with Crippen molar-refractivity contribution in [1.82, 2.24) is 0 Å². The Balaban J connectivity index is 0. The molecule has 0 aromatic carbocycles. The maximum absolute atomic E-state index is 0. The Bertz CT molecular complexity index is 6.00. The zero-order valence-corrected chi connectivity index (χ0v) is 5.92. The van der Waals surface area contributed by atoms with Gasteiger partial charge in [-0.2, -0.15) is 0 Å². The van der Waals surface area contributed by atoms with Gasteiger partial charge >= 0.3 is 50.1 Å². The van der Waals surface area contributed by atoms with Gasteiger partial charge in [0.15, 0.2) is 0 Å². The monoisotopic (exact) mass is 173 g/mol. The fourth-order valence-corrected chi connectivity index (χ4v) is 0. The van der Waals surface area contributed by atoms with E-state index in [9.17, 15) is 0 Å². The average molecular weight is 173 g/mol. The summed E-state index contributed by atoms with van der Waals surface area (Å²) in [6.07, 6.45) is 0. The standard InChI is InChI=1S/Cr.2O.Y/q+3;2*-2;+3. The zero-order chi connectivity index (χ0) is 0. The van der Waals surface area contributed by atoms with Crippen molar-refractivity contribution in [3.05, 3.63) is 0 Å².